The van der Waals surface area contributed by atoms with Crippen molar-refractivity contribution in [1.29, 1.82) is 0 Å². The van der Waals surface area contributed by atoms with Gasteiger partial charge in [-0.25, -0.2) is 0 Å². The van der Waals surface area contributed by atoms with Crippen molar-refractivity contribution in [3.8, 4) is 11.1 Å². The molecule has 2 rings (SSSR count). The second kappa shape index (κ2) is 5.83. The zero-order chi connectivity index (χ0) is 13.0. The monoisotopic (exact) mass is 243 g/mol. The second-order valence-electron chi connectivity index (χ2n) is 4.66. The van der Waals surface area contributed by atoms with E-state index in [0.29, 0.717) is 12.1 Å². The van der Waals surface area contributed by atoms with E-state index in [0.717, 1.165) is 6.54 Å². The molecule has 1 aromatic carbocycles. The fourth-order valence-corrected chi connectivity index (χ4v) is 2.06. The van der Waals surface area contributed by atoms with Crippen LogP contribution < -0.4 is 5.32 Å². The molecule has 96 valence electrons. The van der Waals surface area contributed by atoms with Gasteiger partial charge < -0.3 is 5.32 Å². The van der Waals surface area contributed by atoms with Crippen LogP contribution in [0.3, 0.4) is 0 Å². The Morgan fingerprint density at radius 1 is 1.17 bits per heavy atom. The Kier molecular flexibility index (Phi) is 4.15. The molecule has 2 aromatic rings. The molecule has 3 nitrogen and oxygen atoms in total. The fourth-order valence-electron chi connectivity index (χ4n) is 2.06. The molecule has 0 fully saturated rings. The number of nitrogens with zero attached hydrogens (tertiary/aromatic N) is 2. The number of rotatable bonds is 5. The summed E-state index contributed by atoms with van der Waals surface area (Å²) in [6.45, 7) is 7.49. The standard InChI is InChI=1S/C15H21N3/c1-4-16-12(2)13(3)18-11-15(10-17-18)14-8-6-5-7-9-14/h5-13,16H,4H2,1-3H3. The van der Waals surface area contributed by atoms with Crippen molar-refractivity contribution in [2.24, 2.45) is 0 Å². The predicted octanol–water partition coefficient (Wildman–Crippen LogP) is 3.11. The van der Waals surface area contributed by atoms with Crippen molar-refractivity contribution in [1.82, 2.24) is 15.1 Å². The molecular weight excluding hydrogens is 222 g/mol. The fraction of sp³-hybridized carbons (Fsp3) is 0.400. The molecular formula is C15H21N3. The third kappa shape index (κ3) is 2.79. The molecule has 0 radical (unpaired) electrons. The van der Waals surface area contributed by atoms with Crippen LogP contribution in [0.4, 0.5) is 0 Å². The molecule has 3 heteroatoms. The lowest BCUT2D eigenvalue weighted by Gasteiger charge is -2.20. The minimum atomic E-state index is 0.349. The Labute approximate surface area is 109 Å². The number of nitrogens with one attached hydrogen (secondary N) is 1. The molecule has 18 heavy (non-hydrogen) atoms. The van der Waals surface area contributed by atoms with Crippen LogP contribution in [-0.2, 0) is 0 Å². The Hall–Kier alpha value is -1.61. The smallest absolute Gasteiger partial charge is 0.0641 e. The highest BCUT2D eigenvalue weighted by Crippen LogP contribution is 2.20. The minimum absolute atomic E-state index is 0.349. The molecule has 2 atom stereocenters. The van der Waals surface area contributed by atoms with Crippen LogP contribution >= 0.6 is 0 Å². The summed E-state index contributed by atoms with van der Waals surface area (Å²) in [5.74, 6) is 0. The van der Waals surface area contributed by atoms with Crippen LogP contribution in [0.2, 0.25) is 0 Å². The lowest BCUT2D eigenvalue weighted by molar-refractivity contribution is 0.372. The first kappa shape index (κ1) is 12.8. The summed E-state index contributed by atoms with van der Waals surface area (Å²) in [6.07, 6.45) is 4.05. The van der Waals surface area contributed by atoms with Crippen LogP contribution in [0.1, 0.15) is 26.8 Å². The van der Waals surface area contributed by atoms with Crippen molar-refractivity contribution in [3.63, 3.8) is 0 Å². The largest absolute Gasteiger partial charge is 0.312 e. The summed E-state index contributed by atoms with van der Waals surface area (Å²) in [4.78, 5) is 0. The van der Waals surface area contributed by atoms with Gasteiger partial charge in [0.15, 0.2) is 0 Å². The van der Waals surface area contributed by atoms with Gasteiger partial charge in [-0.3, -0.25) is 4.68 Å². The van der Waals surface area contributed by atoms with Gasteiger partial charge in [0.05, 0.1) is 12.2 Å². The summed E-state index contributed by atoms with van der Waals surface area (Å²) in [5, 5.41) is 7.90. The second-order valence-corrected chi connectivity index (χ2v) is 4.66. The molecule has 0 bridgehead atoms. The maximum absolute atomic E-state index is 4.47. The van der Waals surface area contributed by atoms with Gasteiger partial charge in [0.1, 0.15) is 0 Å². The van der Waals surface area contributed by atoms with E-state index in [-0.39, 0.29) is 0 Å². The van der Waals surface area contributed by atoms with Crippen LogP contribution in [0.15, 0.2) is 42.7 Å². The number of likely N-dealkylation sites (N-methyl/N-ethyl adjacent to an activating group) is 1. The van der Waals surface area contributed by atoms with E-state index in [1.807, 2.05) is 16.9 Å². The van der Waals surface area contributed by atoms with Gasteiger partial charge in [-0.05, 0) is 26.0 Å². The van der Waals surface area contributed by atoms with Crippen LogP contribution in [0, 0.1) is 0 Å². The average molecular weight is 243 g/mol. The summed E-state index contributed by atoms with van der Waals surface area (Å²) in [7, 11) is 0. The number of hydrogen-bond acceptors (Lipinski definition) is 2. The molecule has 0 aliphatic carbocycles. The molecule has 0 amide bonds. The molecule has 0 spiro atoms. The van der Waals surface area contributed by atoms with Gasteiger partial charge in [0.25, 0.3) is 0 Å². The average Bonchev–Trinajstić information content (AvgIpc) is 2.89. The summed E-state index contributed by atoms with van der Waals surface area (Å²) < 4.78 is 2.04. The predicted molar refractivity (Wildman–Crippen MR) is 75.5 cm³/mol. The zero-order valence-corrected chi connectivity index (χ0v) is 11.3. The molecule has 0 saturated carbocycles. The molecule has 1 aromatic heterocycles. The highest BCUT2D eigenvalue weighted by molar-refractivity contribution is 5.61. The van der Waals surface area contributed by atoms with Crippen LogP contribution in [0.25, 0.3) is 11.1 Å². The molecule has 0 aliphatic rings. The van der Waals surface area contributed by atoms with Crippen LogP contribution in [-0.4, -0.2) is 22.4 Å². The van der Waals surface area contributed by atoms with Crippen molar-refractivity contribution < 1.29 is 0 Å². The normalized spacial score (nSPS) is 14.4. The van der Waals surface area contributed by atoms with Gasteiger partial charge in [0, 0.05) is 17.8 Å². The summed E-state index contributed by atoms with van der Waals surface area (Å²) in [6, 6.07) is 11.1. The van der Waals surface area contributed by atoms with Gasteiger partial charge in [-0.1, -0.05) is 37.3 Å². The topological polar surface area (TPSA) is 29.9 Å². The number of hydrogen-bond donors (Lipinski definition) is 1. The van der Waals surface area contributed by atoms with Crippen molar-refractivity contribution >= 4 is 0 Å². The number of aromatic nitrogens is 2. The van der Waals surface area contributed by atoms with Gasteiger partial charge in [-0.15, -0.1) is 0 Å². The lowest BCUT2D eigenvalue weighted by Crippen LogP contribution is -2.33. The van der Waals surface area contributed by atoms with Crippen molar-refractivity contribution in [2.45, 2.75) is 32.9 Å². The Morgan fingerprint density at radius 3 is 2.56 bits per heavy atom. The maximum atomic E-state index is 4.47. The third-order valence-corrected chi connectivity index (χ3v) is 3.38. The van der Waals surface area contributed by atoms with E-state index in [4.69, 9.17) is 0 Å². The third-order valence-electron chi connectivity index (χ3n) is 3.38. The quantitative estimate of drug-likeness (QED) is 0.874. The first-order chi connectivity index (χ1) is 8.72. The summed E-state index contributed by atoms with van der Waals surface area (Å²) >= 11 is 0. The number of benzene rings is 1. The Balaban J connectivity index is 2.15. The van der Waals surface area contributed by atoms with Gasteiger partial charge in [-0.2, -0.15) is 5.10 Å². The molecule has 2 unspecified atom stereocenters. The van der Waals surface area contributed by atoms with E-state index in [1.54, 1.807) is 0 Å². The van der Waals surface area contributed by atoms with E-state index in [9.17, 15) is 0 Å². The van der Waals surface area contributed by atoms with Gasteiger partial charge in [0.2, 0.25) is 0 Å². The van der Waals surface area contributed by atoms with Crippen molar-refractivity contribution in [3.05, 3.63) is 42.7 Å². The molecule has 1 N–H and O–H groups in total. The van der Waals surface area contributed by atoms with Gasteiger partial charge >= 0.3 is 0 Å². The highest BCUT2D eigenvalue weighted by Gasteiger charge is 2.14. The van der Waals surface area contributed by atoms with E-state index < -0.39 is 0 Å². The Morgan fingerprint density at radius 2 is 1.89 bits per heavy atom. The van der Waals surface area contributed by atoms with E-state index in [2.05, 4.69) is 61.6 Å². The lowest BCUT2D eigenvalue weighted by atomic mass is 10.1. The molecule has 0 aliphatic heterocycles. The van der Waals surface area contributed by atoms with E-state index >= 15 is 0 Å². The van der Waals surface area contributed by atoms with Crippen molar-refractivity contribution in [2.75, 3.05) is 6.54 Å². The summed E-state index contributed by atoms with van der Waals surface area (Å²) in [5.41, 5.74) is 2.39. The Bertz CT molecular complexity index is 475. The minimum Gasteiger partial charge on any atom is -0.312 e. The molecule has 1 heterocycles. The first-order valence-corrected chi connectivity index (χ1v) is 6.55. The van der Waals surface area contributed by atoms with Crippen LogP contribution in [0.5, 0.6) is 0 Å². The zero-order valence-electron chi connectivity index (χ0n) is 11.3. The highest BCUT2D eigenvalue weighted by atomic mass is 15.3. The maximum Gasteiger partial charge on any atom is 0.0641 e. The SMILES string of the molecule is CCNC(C)C(C)n1cc(-c2ccccc2)cn1. The first-order valence-electron chi connectivity index (χ1n) is 6.55. The molecule has 0 saturated heterocycles. The van der Waals surface area contributed by atoms with E-state index in [1.165, 1.54) is 11.1 Å².